The summed E-state index contributed by atoms with van der Waals surface area (Å²) in [5, 5.41) is 0. The van der Waals surface area contributed by atoms with Crippen molar-refractivity contribution in [3.8, 4) is 0 Å². The molecule has 0 unspecified atom stereocenters. The van der Waals surface area contributed by atoms with Crippen molar-refractivity contribution < 1.29 is 18.3 Å². The van der Waals surface area contributed by atoms with E-state index in [1.54, 1.807) is 13.8 Å². The quantitative estimate of drug-likeness (QED) is 0.841. The molecule has 0 aromatic heterocycles. The van der Waals surface area contributed by atoms with E-state index in [-0.39, 0.29) is 6.42 Å². The average molecular weight is 257 g/mol. The van der Waals surface area contributed by atoms with Gasteiger partial charge in [-0.2, -0.15) is 0 Å². The lowest BCUT2D eigenvalue weighted by Crippen LogP contribution is -2.38. The summed E-state index contributed by atoms with van der Waals surface area (Å²) in [7, 11) is 0. The fourth-order valence-corrected chi connectivity index (χ4v) is 1.61. The highest BCUT2D eigenvalue weighted by molar-refractivity contribution is 5.75. The number of rotatable bonds is 4. The first-order chi connectivity index (χ1) is 8.19. The molecule has 100 valence electrons. The molecule has 1 rings (SSSR count). The van der Waals surface area contributed by atoms with E-state index in [1.807, 2.05) is 0 Å². The molecular formula is C13H17F2NO2. The van der Waals surface area contributed by atoms with Crippen LogP contribution in [0.3, 0.4) is 0 Å². The summed E-state index contributed by atoms with van der Waals surface area (Å²) in [4.78, 5) is 11.4. The van der Waals surface area contributed by atoms with Gasteiger partial charge >= 0.3 is 5.97 Å². The van der Waals surface area contributed by atoms with Crippen molar-refractivity contribution in [2.45, 2.75) is 38.8 Å². The van der Waals surface area contributed by atoms with E-state index in [0.717, 1.165) is 6.07 Å². The Bertz CT molecular complexity index is 424. The molecule has 0 saturated carbocycles. The predicted molar refractivity (Wildman–Crippen MR) is 63.9 cm³/mol. The maximum absolute atomic E-state index is 13.0. The van der Waals surface area contributed by atoms with Crippen molar-refractivity contribution in [1.29, 1.82) is 0 Å². The van der Waals surface area contributed by atoms with Crippen LogP contribution in [0.15, 0.2) is 18.2 Å². The zero-order valence-electron chi connectivity index (χ0n) is 10.7. The number of esters is 1. The monoisotopic (exact) mass is 257 g/mol. The molecule has 0 aliphatic rings. The average Bonchev–Trinajstić information content (AvgIpc) is 2.13. The van der Waals surface area contributed by atoms with Crippen LogP contribution in [-0.2, 0) is 16.0 Å². The van der Waals surface area contributed by atoms with Crippen molar-refractivity contribution >= 4 is 5.97 Å². The van der Waals surface area contributed by atoms with Crippen LogP contribution >= 0.6 is 0 Å². The molecular weight excluding hydrogens is 240 g/mol. The van der Waals surface area contributed by atoms with Gasteiger partial charge in [0.15, 0.2) is 0 Å². The second-order valence-corrected chi connectivity index (χ2v) is 4.92. The van der Waals surface area contributed by atoms with E-state index in [4.69, 9.17) is 10.5 Å². The molecule has 0 radical (unpaired) electrons. The van der Waals surface area contributed by atoms with Crippen molar-refractivity contribution in [3.63, 3.8) is 0 Å². The standard InChI is InChI=1S/C13H17F2NO2/c1-8(16)12(17)18-13(2,3)7-9-4-10(14)6-11(15)5-9/h4-6,8H,7,16H2,1-3H3/t8-/m1/s1. The van der Waals surface area contributed by atoms with Gasteiger partial charge in [-0.15, -0.1) is 0 Å². The molecule has 0 aliphatic heterocycles. The van der Waals surface area contributed by atoms with Crippen molar-refractivity contribution in [3.05, 3.63) is 35.4 Å². The fourth-order valence-electron chi connectivity index (χ4n) is 1.61. The van der Waals surface area contributed by atoms with Crippen LogP contribution < -0.4 is 5.73 Å². The molecule has 0 heterocycles. The van der Waals surface area contributed by atoms with Crippen LogP contribution in [0.25, 0.3) is 0 Å². The molecule has 1 aromatic carbocycles. The predicted octanol–water partition coefficient (Wildman–Crippen LogP) is 2.18. The Morgan fingerprint density at radius 3 is 2.28 bits per heavy atom. The number of nitrogens with two attached hydrogens (primary N) is 1. The number of halogens is 2. The van der Waals surface area contributed by atoms with Gasteiger partial charge in [0.2, 0.25) is 0 Å². The maximum atomic E-state index is 13.0. The highest BCUT2D eigenvalue weighted by Gasteiger charge is 2.25. The van der Waals surface area contributed by atoms with E-state index in [1.165, 1.54) is 19.1 Å². The molecule has 2 N–H and O–H groups in total. The zero-order valence-corrected chi connectivity index (χ0v) is 10.7. The van der Waals surface area contributed by atoms with Gasteiger partial charge in [0, 0.05) is 12.5 Å². The summed E-state index contributed by atoms with van der Waals surface area (Å²) in [5.74, 6) is -1.85. The van der Waals surface area contributed by atoms with Crippen LogP contribution in [-0.4, -0.2) is 17.6 Å². The molecule has 1 aromatic rings. The van der Waals surface area contributed by atoms with E-state index in [9.17, 15) is 13.6 Å². The lowest BCUT2D eigenvalue weighted by Gasteiger charge is -2.26. The molecule has 1 atom stereocenters. The number of ether oxygens (including phenoxy) is 1. The second-order valence-electron chi connectivity index (χ2n) is 4.92. The number of hydrogen-bond acceptors (Lipinski definition) is 3. The minimum absolute atomic E-state index is 0.208. The van der Waals surface area contributed by atoms with Gasteiger partial charge < -0.3 is 10.5 Å². The summed E-state index contributed by atoms with van der Waals surface area (Å²) >= 11 is 0. The second kappa shape index (κ2) is 5.44. The summed E-state index contributed by atoms with van der Waals surface area (Å²) < 4.78 is 31.2. The molecule has 0 aliphatic carbocycles. The first kappa shape index (κ1) is 14.6. The van der Waals surface area contributed by atoms with Gasteiger partial charge in [-0.05, 0) is 38.5 Å². The smallest absolute Gasteiger partial charge is 0.323 e. The summed E-state index contributed by atoms with van der Waals surface area (Å²) in [6.07, 6.45) is 0.208. The van der Waals surface area contributed by atoms with E-state index in [2.05, 4.69) is 0 Å². The third-order valence-corrected chi connectivity index (χ3v) is 2.30. The molecule has 0 amide bonds. The molecule has 0 bridgehead atoms. The number of carbonyl (C=O) groups excluding carboxylic acids is 1. The zero-order chi connectivity index (χ0) is 13.9. The molecule has 3 nitrogen and oxygen atoms in total. The largest absolute Gasteiger partial charge is 0.458 e. The third-order valence-electron chi connectivity index (χ3n) is 2.30. The van der Waals surface area contributed by atoms with Crippen LogP contribution in [0.5, 0.6) is 0 Å². The fraction of sp³-hybridized carbons (Fsp3) is 0.462. The Labute approximate surface area is 105 Å². The van der Waals surface area contributed by atoms with Crippen molar-refractivity contribution in [2.75, 3.05) is 0 Å². The highest BCUT2D eigenvalue weighted by atomic mass is 19.1. The Balaban J connectivity index is 2.78. The topological polar surface area (TPSA) is 52.3 Å². The van der Waals surface area contributed by atoms with Crippen molar-refractivity contribution in [2.24, 2.45) is 5.73 Å². The lowest BCUT2D eigenvalue weighted by molar-refractivity contribution is -0.157. The molecule has 0 spiro atoms. The molecule has 0 saturated heterocycles. The molecule has 5 heteroatoms. The van der Waals surface area contributed by atoms with Gasteiger partial charge in [0.05, 0.1) is 0 Å². The molecule has 18 heavy (non-hydrogen) atoms. The van der Waals surface area contributed by atoms with Crippen LogP contribution in [0, 0.1) is 11.6 Å². The normalized spacial score (nSPS) is 13.2. The van der Waals surface area contributed by atoms with Gasteiger partial charge in [0.1, 0.15) is 23.3 Å². The summed E-state index contributed by atoms with van der Waals surface area (Å²) in [6, 6.07) is 2.49. The van der Waals surface area contributed by atoms with Gasteiger partial charge in [0.25, 0.3) is 0 Å². The Morgan fingerprint density at radius 1 is 1.33 bits per heavy atom. The first-order valence-electron chi connectivity index (χ1n) is 5.63. The Kier molecular flexibility index (Phi) is 4.40. The van der Waals surface area contributed by atoms with Crippen LogP contribution in [0.4, 0.5) is 8.78 Å². The van der Waals surface area contributed by atoms with E-state index in [0.29, 0.717) is 5.56 Å². The van der Waals surface area contributed by atoms with Gasteiger partial charge in [-0.1, -0.05) is 0 Å². The van der Waals surface area contributed by atoms with E-state index >= 15 is 0 Å². The van der Waals surface area contributed by atoms with Gasteiger partial charge in [-0.3, -0.25) is 4.79 Å². The van der Waals surface area contributed by atoms with Crippen LogP contribution in [0.1, 0.15) is 26.3 Å². The summed E-state index contributed by atoms with van der Waals surface area (Å²) in [6.45, 7) is 4.84. The minimum Gasteiger partial charge on any atom is -0.458 e. The third kappa shape index (κ3) is 4.41. The Hall–Kier alpha value is -1.49. The van der Waals surface area contributed by atoms with Crippen LogP contribution in [0.2, 0.25) is 0 Å². The highest BCUT2D eigenvalue weighted by Crippen LogP contribution is 2.19. The first-order valence-corrected chi connectivity index (χ1v) is 5.63. The van der Waals surface area contributed by atoms with Crippen molar-refractivity contribution in [1.82, 2.24) is 0 Å². The Morgan fingerprint density at radius 2 is 1.83 bits per heavy atom. The van der Waals surface area contributed by atoms with E-state index < -0.39 is 29.2 Å². The maximum Gasteiger partial charge on any atom is 0.323 e. The van der Waals surface area contributed by atoms with Gasteiger partial charge in [-0.25, -0.2) is 8.78 Å². The number of benzene rings is 1. The molecule has 0 fully saturated rings. The minimum atomic E-state index is -0.870. The number of hydrogen-bond donors (Lipinski definition) is 1. The summed E-state index contributed by atoms with van der Waals surface area (Å²) in [5.41, 5.74) is 4.95. The number of carbonyl (C=O) groups is 1. The lowest BCUT2D eigenvalue weighted by atomic mass is 9.98. The SMILES string of the molecule is C[C@@H](N)C(=O)OC(C)(C)Cc1cc(F)cc(F)c1.